The number of aliphatic hydroxyl groups excluding tert-OH is 1. The molecule has 5 N–H and O–H groups in total. The lowest BCUT2D eigenvalue weighted by atomic mass is 9.91. The van der Waals surface area contributed by atoms with Gasteiger partial charge in [-0.2, -0.15) is 0 Å². The van der Waals surface area contributed by atoms with Gasteiger partial charge in [0.25, 0.3) is 0 Å². The SMILES string of the molecule is CN(C(=O)CC(C)(C)C)c1ccc2c(c1)NC(NC(O)Nc1ccc(-c3ccc(F)cc3)s1)N2CC(C)(C)O. The molecule has 1 amide bonds. The van der Waals surface area contributed by atoms with E-state index in [1.54, 1.807) is 37.9 Å². The van der Waals surface area contributed by atoms with Crippen LogP contribution in [0, 0.1) is 11.2 Å². The summed E-state index contributed by atoms with van der Waals surface area (Å²) in [5, 5.41) is 31.7. The summed E-state index contributed by atoms with van der Waals surface area (Å²) < 4.78 is 13.3. The van der Waals surface area contributed by atoms with Crippen LogP contribution in [0.25, 0.3) is 10.4 Å². The van der Waals surface area contributed by atoms with E-state index in [0.29, 0.717) is 13.0 Å². The van der Waals surface area contributed by atoms with Gasteiger partial charge in [0.2, 0.25) is 5.91 Å². The number of nitrogens with one attached hydrogen (secondary N) is 3. The molecule has 2 atom stereocenters. The van der Waals surface area contributed by atoms with Crippen LogP contribution >= 0.6 is 11.3 Å². The first kappa shape index (κ1) is 28.8. The number of thiophene rings is 1. The number of fused-ring (bicyclic) bond motifs is 1. The second kappa shape index (κ2) is 11.1. The number of aliphatic hydroxyl groups is 2. The van der Waals surface area contributed by atoms with Crippen LogP contribution in [0.2, 0.25) is 0 Å². The van der Waals surface area contributed by atoms with Crippen molar-refractivity contribution in [2.24, 2.45) is 5.41 Å². The van der Waals surface area contributed by atoms with Crippen molar-refractivity contribution in [3.05, 3.63) is 60.4 Å². The minimum atomic E-state index is -1.11. The van der Waals surface area contributed by atoms with E-state index in [-0.39, 0.29) is 17.1 Å². The number of β-amino-alcohol motifs (C(OH)–C–C–N with tert-alkyl or cyclic N) is 1. The van der Waals surface area contributed by atoms with Gasteiger partial charge in [-0.1, -0.05) is 32.9 Å². The Labute approximate surface area is 233 Å². The van der Waals surface area contributed by atoms with E-state index in [9.17, 15) is 19.4 Å². The summed E-state index contributed by atoms with van der Waals surface area (Å²) in [6.07, 6.45) is -1.22. The van der Waals surface area contributed by atoms with Gasteiger partial charge >= 0.3 is 0 Å². The van der Waals surface area contributed by atoms with Crippen LogP contribution < -0.4 is 25.8 Å². The zero-order valence-electron chi connectivity index (χ0n) is 23.2. The van der Waals surface area contributed by atoms with Gasteiger partial charge in [0.15, 0.2) is 12.6 Å². The van der Waals surface area contributed by atoms with Crippen LogP contribution in [0.3, 0.4) is 0 Å². The Hall–Kier alpha value is -3.18. The van der Waals surface area contributed by atoms with Crippen molar-refractivity contribution in [3.63, 3.8) is 0 Å². The van der Waals surface area contributed by atoms with Gasteiger partial charge in [-0.05, 0) is 67.3 Å². The van der Waals surface area contributed by atoms with Crippen LogP contribution in [-0.2, 0) is 4.79 Å². The molecular weight excluding hydrogens is 517 g/mol. The number of anilines is 4. The minimum Gasteiger partial charge on any atom is -0.389 e. The molecule has 1 aliphatic rings. The monoisotopic (exact) mass is 555 g/mol. The lowest BCUT2D eigenvalue weighted by Crippen LogP contribution is -2.56. The lowest BCUT2D eigenvalue weighted by molar-refractivity contribution is -0.120. The number of halogens is 1. The summed E-state index contributed by atoms with van der Waals surface area (Å²) >= 11 is 1.44. The highest BCUT2D eigenvalue weighted by atomic mass is 32.1. The predicted molar refractivity (Wildman–Crippen MR) is 157 cm³/mol. The van der Waals surface area contributed by atoms with Crippen LogP contribution in [0.4, 0.5) is 26.5 Å². The predicted octanol–water partition coefficient (Wildman–Crippen LogP) is 5.22. The normalized spacial score (nSPS) is 16.0. The maximum Gasteiger partial charge on any atom is 0.227 e. The fourth-order valence-electron chi connectivity index (χ4n) is 4.41. The van der Waals surface area contributed by atoms with Crippen LogP contribution in [0.1, 0.15) is 41.0 Å². The summed E-state index contributed by atoms with van der Waals surface area (Å²) in [6.45, 7) is 9.86. The highest BCUT2D eigenvalue weighted by molar-refractivity contribution is 7.19. The molecule has 39 heavy (non-hydrogen) atoms. The maximum atomic E-state index is 13.3. The van der Waals surface area contributed by atoms with E-state index in [2.05, 4.69) is 16.0 Å². The van der Waals surface area contributed by atoms with Crippen LogP contribution in [0.15, 0.2) is 54.6 Å². The number of hydrogen-bond acceptors (Lipinski definition) is 8. The third-order valence-corrected chi connectivity index (χ3v) is 7.29. The number of benzene rings is 2. The van der Waals surface area contributed by atoms with Gasteiger partial charge in [0.05, 0.1) is 22.0 Å². The first-order valence-corrected chi connectivity index (χ1v) is 13.7. The third-order valence-electron chi connectivity index (χ3n) is 6.22. The molecule has 0 radical (unpaired) electrons. The van der Waals surface area contributed by atoms with E-state index < -0.39 is 18.2 Å². The number of amides is 1. The van der Waals surface area contributed by atoms with Crippen molar-refractivity contribution in [2.75, 3.05) is 34.0 Å². The molecule has 2 aromatic carbocycles. The Bertz CT molecular complexity index is 1300. The molecule has 2 heterocycles. The number of carbonyl (C=O) groups is 1. The molecule has 0 saturated carbocycles. The number of carbonyl (C=O) groups excluding carboxylic acids is 1. The van der Waals surface area contributed by atoms with Crippen LogP contribution in [0.5, 0.6) is 0 Å². The highest BCUT2D eigenvalue weighted by Gasteiger charge is 2.34. The quantitative estimate of drug-likeness (QED) is 0.231. The summed E-state index contributed by atoms with van der Waals surface area (Å²) in [5.41, 5.74) is 2.15. The summed E-state index contributed by atoms with van der Waals surface area (Å²) in [5.74, 6) is -0.261. The molecule has 0 aliphatic carbocycles. The second-order valence-corrected chi connectivity index (χ2v) is 12.8. The van der Waals surface area contributed by atoms with Crippen molar-refractivity contribution >= 4 is 39.3 Å². The standard InChI is InChI=1S/C29H38FN5O3S/c1-28(2,3)16-25(36)34(6)20-11-12-22-21(15-20)31-26(35(22)17-29(4,5)38)33-27(37)32-24-14-13-23(39-24)18-7-9-19(30)10-8-18/h7-15,26-27,31-33,37-38H,16-17H2,1-6H3. The summed E-state index contributed by atoms with van der Waals surface area (Å²) in [6, 6.07) is 15.8. The van der Waals surface area contributed by atoms with E-state index in [0.717, 1.165) is 32.5 Å². The maximum absolute atomic E-state index is 13.3. The average Bonchev–Trinajstić information content (AvgIpc) is 3.41. The molecule has 1 aliphatic heterocycles. The van der Waals surface area contributed by atoms with E-state index in [1.165, 1.54) is 23.5 Å². The Morgan fingerprint density at radius 3 is 2.46 bits per heavy atom. The molecule has 0 spiro atoms. The zero-order valence-corrected chi connectivity index (χ0v) is 24.1. The largest absolute Gasteiger partial charge is 0.389 e. The Morgan fingerprint density at radius 2 is 1.82 bits per heavy atom. The molecule has 3 aromatic rings. The minimum absolute atomic E-state index is 0.0269. The molecule has 8 nitrogen and oxygen atoms in total. The van der Waals surface area contributed by atoms with E-state index in [4.69, 9.17) is 0 Å². The Kier molecular flexibility index (Phi) is 8.22. The van der Waals surface area contributed by atoms with E-state index in [1.807, 2.05) is 56.0 Å². The molecule has 210 valence electrons. The molecule has 4 rings (SSSR count). The molecule has 1 aromatic heterocycles. The molecule has 0 bridgehead atoms. The topological polar surface area (TPSA) is 100 Å². The Balaban J connectivity index is 1.48. The van der Waals surface area contributed by atoms with Gasteiger partial charge in [0, 0.05) is 30.6 Å². The number of nitrogens with zero attached hydrogens (tertiary/aromatic N) is 2. The molecule has 2 unspecified atom stereocenters. The van der Waals surface area contributed by atoms with Gasteiger partial charge in [0.1, 0.15) is 5.82 Å². The average molecular weight is 556 g/mol. The van der Waals surface area contributed by atoms with Crippen molar-refractivity contribution in [3.8, 4) is 10.4 Å². The first-order valence-electron chi connectivity index (χ1n) is 12.9. The lowest BCUT2D eigenvalue weighted by Gasteiger charge is -2.33. The fourth-order valence-corrected chi connectivity index (χ4v) is 5.35. The van der Waals surface area contributed by atoms with Gasteiger partial charge in [-0.3, -0.25) is 4.79 Å². The van der Waals surface area contributed by atoms with Gasteiger partial charge < -0.3 is 30.6 Å². The van der Waals surface area contributed by atoms with Gasteiger partial charge in [-0.25, -0.2) is 9.71 Å². The first-order chi connectivity index (χ1) is 18.2. The number of rotatable bonds is 9. The molecule has 0 saturated heterocycles. The third kappa shape index (κ3) is 7.48. The molecule has 10 heteroatoms. The molecule has 0 fully saturated rings. The fraction of sp³-hybridized carbons (Fsp3) is 0.414. The highest BCUT2D eigenvalue weighted by Crippen LogP contribution is 2.38. The van der Waals surface area contributed by atoms with Crippen molar-refractivity contribution in [1.82, 2.24) is 5.32 Å². The second-order valence-electron chi connectivity index (χ2n) is 11.8. The van der Waals surface area contributed by atoms with Crippen molar-refractivity contribution < 1.29 is 19.4 Å². The molecular formula is C29H38FN5O3S. The zero-order chi connectivity index (χ0) is 28.5. The summed E-state index contributed by atoms with van der Waals surface area (Å²) in [7, 11) is 1.77. The number of hydrogen-bond donors (Lipinski definition) is 5. The Morgan fingerprint density at radius 1 is 1.13 bits per heavy atom. The summed E-state index contributed by atoms with van der Waals surface area (Å²) in [4.78, 5) is 17.3. The van der Waals surface area contributed by atoms with Crippen molar-refractivity contribution in [2.45, 2.75) is 59.3 Å². The van der Waals surface area contributed by atoms with E-state index >= 15 is 0 Å². The smallest absolute Gasteiger partial charge is 0.227 e. The van der Waals surface area contributed by atoms with Crippen molar-refractivity contribution in [1.29, 1.82) is 0 Å². The van der Waals surface area contributed by atoms with Gasteiger partial charge in [-0.15, -0.1) is 11.3 Å². The van der Waals surface area contributed by atoms with Crippen LogP contribution in [-0.4, -0.2) is 48.0 Å².